The molecule has 0 fully saturated rings. The van der Waals surface area contributed by atoms with E-state index in [0.29, 0.717) is 22.1 Å². The standard InChI is InChI=1S/C23H19ClN4O2/c1-16-21(26-23(30)25-18-10-8-9-17(24)15-18)22(29)28(20-13-6-3-7-14-20)27(16)19-11-4-2-5-12-19/h2-15H,1H3,(H2,25,26,30). The zero-order chi connectivity index (χ0) is 21.1. The molecule has 0 spiro atoms. The molecule has 0 aliphatic carbocycles. The first-order valence-electron chi connectivity index (χ1n) is 9.33. The van der Waals surface area contributed by atoms with Gasteiger partial charge < -0.3 is 10.6 Å². The predicted octanol–water partition coefficient (Wildman–Crippen LogP) is 5.23. The van der Waals surface area contributed by atoms with Gasteiger partial charge in [-0.3, -0.25) is 4.79 Å². The van der Waals surface area contributed by atoms with Gasteiger partial charge in [0, 0.05) is 10.7 Å². The minimum absolute atomic E-state index is 0.197. The van der Waals surface area contributed by atoms with Crippen LogP contribution in [0.15, 0.2) is 89.7 Å². The number of nitrogens with one attached hydrogen (secondary N) is 2. The summed E-state index contributed by atoms with van der Waals surface area (Å²) in [6.07, 6.45) is 0. The summed E-state index contributed by atoms with van der Waals surface area (Å²) >= 11 is 5.97. The van der Waals surface area contributed by atoms with E-state index in [1.54, 1.807) is 40.6 Å². The van der Waals surface area contributed by atoms with Crippen LogP contribution in [0.4, 0.5) is 16.2 Å². The maximum Gasteiger partial charge on any atom is 0.323 e. The van der Waals surface area contributed by atoms with Crippen LogP contribution in [0.5, 0.6) is 0 Å². The summed E-state index contributed by atoms with van der Waals surface area (Å²) in [5, 5.41) is 5.91. The topological polar surface area (TPSA) is 68.1 Å². The highest BCUT2D eigenvalue weighted by Gasteiger charge is 2.21. The Morgan fingerprint density at radius 1 is 0.800 bits per heavy atom. The van der Waals surface area contributed by atoms with E-state index < -0.39 is 6.03 Å². The first kappa shape index (κ1) is 19.5. The van der Waals surface area contributed by atoms with Gasteiger partial charge in [-0.1, -0.05) is 54.1 Å². The molecule has 0 radical (unpaired) electrons. The quantitative estimate of drug-likeness (QED) is 0.476. The average molecular weight is 419 g/mol. The number of hydrogen-bond donors (Lipinski definition) is 2. The van der Waals surface area contributed by atoms with E-state index in [2.05, 4.69) is 10.6 Å². The van der Waals surface area contributed by atoms with Crippen molar-refractivity contribution in [3.05, 3.63) is 106 Å². The van der Waals surface area contributed by atoms with Crippen LogP contribution in [-0.2, 0) is 0 Å². The van der Waals surface area contributed by atoms with Gasteiger partial charge in [0.2, 0.25) is 0 Å². The van der Waals surface area contributed by atoms with Gasteiger partial charge in [0.25, 0.3) is 5.56 Å². The molecule has 0 aliphatic rings. The molecule has 3 aromatic carbocycles. The van der Waals surface area contributed by atoms with E-state index in [9.17, 15) is 9.59 Å². The number of urea groups is 1. The third kappa shape index (κ3) is 3.86. The van der Waals surface area contributed by atoms with Crippen molar-refractivity contribution in [3.63, 3.8) is 0 Å². The van der Waals surface area contributed by atoms with Crippen molar-refractivity contribution < 1.29 is 4.79 Å². The van der Waals surface area contributed by atoms with E-state index in [4.69, 9.17) is 11.6 Å². The molecule has 0 bridgehead atoms. The monoisotopic (exact) mass is 418 g/mol. The van der Waals surface area contributed by atoms with Crippen molar-refractivity contribution in [2.24, 2.45) is 0 Å². The number of amides is 2. The molecule has 4 rings (SSSR count). The molecule has 2 N–H and O–H groups in total. The van der Waals surface area contributed by atoms with E-state index >= 15 is 0 Å². The normalized spacial score (nSPS) is 10.6. The van der Waals surface area contributed by atoms with Gasteiger partial charge in [-0.2, -0.15) is 0 Å². The van der Waals surface area contributed by atoms with E-state index in [-0.39, 0.29) is 11.2 Å². The Bertz CT molecular complexity index is 1250. The summed E-state index contributed by atoms with van der Waals surface area (Å²) in [5.74, 6) is 0. The molecule has 2 amide bonds. The molecular weight excluding hydrogens is 400 g/mol. The van der Waals surface area contributed by atoms with Crippen LogP contribution in [0.2, 0.25) is 5.02 Å². The van der Waals surface area contributed by atoms with Crippen LogP contribution >= 0.6 is 11.6 Å². The van der Waals surface area contributed by atoms with Crippen molar-refractivity contribution in [2.45, 2.75) is 6.92 Å². The summed E-state index contributed by atoms with van der Waals surface area (Å²) in [6.45, 7) is 1.79. The van der Waals surface area contributed by atoms with Crippen LogP contribution in [0.3, 0.4) is 0 Å². The summed E-state index contributed by atoms with van der Waals surface area (Å²) in [6, 6.07) is 25.1. The number of hydrogen-bond acceptors (Lipinski definition) is 2. The van der Waals surface area contributed by atoms with Gasteiger partial charge in [-0.05, 0) is 49.4 Å². The Morgan fingerprint density at radius 3 is 2.00 bits per heavy atom. The summed E-state index contributed by atoms with van der Waals surface area (Å²) in [5.41, 5.74) is 2.50. The van der Waals surface area contributed by atoms with Crippen molar-refractivity contribution in [3.8, 4) is 11.4 Å². The van der Waals surface area contributed by atoms with Crippen molar-refractivity contribution in [1.29, 1.82) is 0 Å². The summed E-state index contributed by atoms with van der Waals surface area (Å²) in [7, 11) is 0. The highest BCUT2D eigenvalue weighted by Crippen LogP contribution is 2.21. The fourth-order valence-electron chi connectivity index (χ4n) is 3.27. The zero-order valence-corrected chi connectivity index (χ0v) is 16.9. The number of benzene rings is 3. The maximum atomic E-state index is 13.3. The van der Waals surface area contributed by atoms with Gasteiger partial charge >= 0.3 is 6.03 Å². The largest absolute Gasteiger partial charge is 0.323 e. The summed E-state index contributed by atoms with van der Waals surface area (Å²) < 4.78 is 3.33. The Kier molecular flexibility index (Phi) is 5.41. The van der Waals surface area contributed by atoms with Crippen LogP contribution in [0, 0.1) is 6.92 Å². The SMILES string of the molecule is Cc1c(NC(=O)Nc2cccc(Cl)c2)c(=O)n(-c2ccccc2)n1-c1ccccc1. The Labute approximate surface area is 178 Å². The molecule has 0 atom stereocenters. The molecule has 150 valence electrons. The molecule has 0 saturated heterocycles. The highest BCUT2D eigenvalue weighted by atomic mass is 35.5. The Morgan fingerprint density at radius 2 is 1.40 bits per heavy atom. The first-order valence-corrected chi connectivity index (χ1v) is 9.71. The molecule has 0 aliphatic heterocycles. The van der Waals surface area contributed by atoms with Crippen molar-refractivity contribution in [2.75, 3.05) is 10.6 Å². The molecule has 4 aromatic rings. The zero-order valence-electron chi connectivity index (χ0n) is 16.2. The molecular formula is C23H19ClN4O2. The third-order valence-electron chi connectivity index (χ3n) is 4.61. The highest BCUT2D eigenvalue weighted by molar-refractivity contribution is 6.30. The van der Waals surface area contributed by atoms with Crippen LogP contribution in [0.25, 0.3) is 11.4 Å². The van der Waals surface area contributed by atoms with Gasteiger partial charge in [0.15, 0.2) is 0 Å². The smallest absolute Gasteiger partial charge is 0.308 e. The van der Waals surface area contributed by atoms with Gasteiger partial charge in [-0.25, -0.2) is 14.2 Å². The second-order valence-electron chi connectivity index (χ2n) is 6.65. The summed E-state index contributed by atoms with van der Waals surface area (Å²) in [4.78, 5) is 25.9. The molecule has 7 heteroatoms. The number of para-hydroxylation sites is 2. The maximum absolute atomic E-state index is 13.3. The van der Waals surface area contributed by atoms with Crippen LogP contribution in [-0.4, -0.2) is 15.4 Å². The van der Waals surface area contributed by atoms with Gasteiger partial charge in [0.1, 0.15) is 5.69 Å². The molecule has 1 heterocycles. The lowest BCUT2D eigenvalue weighted by Gasteiger charge is -2.13. The third-order valence-corrected chi connectivity index (χ3v) is 4.84. The number of carbonyl (C=O) groups excluding carboxylic acids is 1. The first-order chi connectivity index (χ1) is 14.5. The lowest BCUT2D eigenvalue weighted by atomic mass is 10.3. The van der Waals surface area contributed by atoms with Crippen molar-refractivity contribution in [1.82, 2.24) is 9.36 Å². The predicted molar refractivity (Wildman–Crippen MR) is 120 cm³/mol. The molecule has 6 nitrogen and oxygen atoms in total. The molecule has 30 heavy (non-hydrogen) atoms. The second kappa shape index (κ2) is 8.31. The number of nitrogens with zero attached hydrogens (tertiary/aromatic N) is 2. The second-order valence-corrected chi connectivity index (χ2v) is 7.09. The van der Waals surface area contributed by atoms with E-state index in [0.717, 1.165) is 5.69 Å². The lowest BCUT2D eigenvalue weighted by Crippen LogP contribution is -2.25. The van der Waals surface area contributed by atoms with E-state index in [1.165, 1.54) is 0 Å². The number of aromatic nitrogens is 2. The minimum atomic E-state index is -0.525. The average Bonchev–Trinajstić information content (AvgIpc) is 2.99. The number of halogens is 1. The minimum Gasteiger partial charge on any atom is -0.308 e. The van der Waals surface area contributed by atoms with Crippen molar-refractivity contribution >= 4 is 29.0 Å². The lowest BCUT2D eigenvalue weighted by molar-refractivity contribution is 0.262. The van der Waals surface area contributed by atoms with E-state index in [1.807, 2.05) is 60.7 Å². The fraction of sp³-hybridized carbons (Fsp3) is 0.0435. The van der Waals surface area contributed by atoms with Gasteiger partial charge in [-0.15, -0.1) is 0 Å². The Hall–Kier alpha value is -3.77. The Balaban J connectivity index is 1.77. The number of anilines is 2. The van der Waals surface area contributed by atoms with Gasteiger partial charge in [0.05, 0.1) is 17.1 Å². The van der Waals surface area contributed by atoms with Crippen LogP contribution in [0.1, 0.15) is 5.69 Å². The molecule has 0 unspecified atom stereocenters. The fourth-order valence-corrected chi connectivity index (χ4v) is 3.46. The van der Waals surface area contributed by atoms with Crippen LogP contribution < -0.4 is 16.2 Å². The molecule has 0 saturated carbocycles. The molecule has 1 aromatic heterocycles. The number of carbonyl (C=O) groups is 1. The number of rotatable bonds is 4.